The predicted octanol–water partition coefficient (Wildman–Crippen LogP) is 5.44. The number of hydrogen-bond donors (Lipinski definition) is 1. The first-order chi connectivity index (χ1) is 16.3. The van der Waals surface area contributed by atoms with Crippen molar-refractivity contribution in [1.82, 2.24) is 9.88 Å². The number of rotatable bonds is 9. The van der Waals surface area contributed by atoms with Gasteiger partial charge in [0.05, 0.1) is 11.4 Å². The molecule has 0 bridgehead atoms. The van der Waals surface area contributed by atoms with Gasteiger partial charge in [0.2, 0.25) is 0 Å². The van der Waals surface area contributed by atoms with Crippen molar-refractivity contribution in [2.45, 2.75) is 35.9 Å². The maximum atomic E-state index is 11.8. The van der Waals surface area contributed by atoms with Crippen molar-refractivity contribution in [3.8, 4) is 11.1 Å². The molecule has 0 atom stereocenters. The first-order valence-corrected chi connectivity index (χ1v) is 13.5. The van der Waals surface area contributed by atoms with Gasteiger partial charge in [-0.1, -0.05) is 78.1 Å². The molecule has 2 heterocycles. The monoisotopic (exact) mass is 511 g/mol. The van der Waals surface area contributed by atoms with Gasteiger partial charge < -0.3 is 10.0 Å². The molecule has 0 fully saturated rings. The Kier molecular flexibility index (Phi) is 7.75. The minimum Gasteiger partial charge on any atom is -0.480 e. The van der Waals surface area contributed by atoms with Crippen LogP contribution in [0.3, 0.4) is 0 Å². The zero-order valence-electron chi connectivity index (χ0n) is 18.9. The molecule has 3 aromatic rings. The number of amides is 1. The molecule has 1 aliphatic heterocycles. The Balaban J connectivity index is 1.44. The molecule has 0 radical (unpaired) electrons. The number of carboxylic acids is 1. The lowest BCUT2D eigenvalue weighted by atomic mass is 10.0. The molecule has 1 aromatic heterocycles. The third-order valence-electron chi connectivity index (χ3n) is 5.28. The Hall–Kier alpha value is -2.62. The average molecular weight is 512 g/mol. The molecule has 6 nitrogen and oxygen atoms in total. The lowest BCUT2D eigenvalue weighted by Gasteiger charge is -2.23. The lowest BCUT2D eigenvalue weighted by Crippen LogP contribution is -2.30. The molecule has 0 unspecified atom stereocenters. The van der Waals surface area contributed by atoms with Gasteiger partial charge >= 0.3 is 5.97 Å². The van der Waals surface area contributed by atoms with Gasteiger partial charge in [-0.3, -0.25) is 9.59 Å². The highest BCUT2D eigenvalue weighted by atomic mass is 32.2. The molecule has 1 amide bonds. The Bertz CT molecular complexity index is 1190. The Morgan fingerprint density at radius 1 is 1.12 bits per heavy atom. The number of thioether (sulfide) groups is 2. The van der Waals surface area contributed by atoms with Crippen LogP contribution in [-0.2, 0) is 22.6 Å². The van der Waals surface area contributed by atoms with Gasteiger partial charge in [0.15, 0.2) is 9.51 Å². The number of aromatic nitrogens is 1. The number of carbonyl (C=O) groups excluding carboxylic acids is 1. The summed E-state index contributed by atoms with van der Waals surface area (Å²) in [5, 5.41) is 12.1. The maximum absolute atomic E-state index is 11.8. The van der Waals surface area contributed by atoms with E-state index in [1.165, 1.54) is 40.4 Å². The molecule has 34 heavy (non-hydrogen) atoms. The molecule has 9 heteroatoms. The molecular formula is C25H25N3O3S3. The number of carboxylic acid groups (broad SMARTS) is 1. The second-order valence-electron chi connectivity index (χ2n) is 8.33. The summed E-state index contributed by atoms with van der Waals surface area (Å²) in [7, 11) is 0. The van der Waals surface area contributed by atoms with E-state index in [1.807, 2.05) is 23.6 Å². The van der Waals surface area contributed by atoms with Crippen molar-refractivity contribution in [2.24, 2.45) is 4.99 Å². The van der Waals surface area contributed by atoms with Crippen LogP contribution in [0.5, 0.6) is 0 Å². The van der Waals surface area contributed by atoms with Gasteiger partial charge in [0.1, 0.15) is 4.75 Å². The zero-order valence-corrected chi connectivity index (χ0v) is 21.4. The van der Waals surface area contributed by atoms with E-state index in [0.29, 0.717) is 25.3 Å². The van der Waals surface area contributed by atoms with Crippen LogP contribution >= 0.6 is 34.9 Å². The molecule has 0 aliphatic carbocycles. The summed E-state index contributed by atoms with van der Waals surface area (Å²) in [5.74, 6) is -0.590. The third-order valence-corrected chi connectivity index (χ3v) is 8.45. The SMILES string of the molecule is CC(C)(Sc1nc(CCN(Cc2ccc(-c3ccccc3)cc2)C2=NC(=O)CS2)cs1)C(=O)O. The summed E-state index contributed by atoms with van der Waals surface area (Å²) in [4.78, 5) is 34.1. The van der Waals surface area contributed by atoms with E-state index in [1.54, 1.807) is 13.8 Å². The first-order valence-electron chi connectivity index (χ1n) is 10.8. The van der Waals surface area contributed by atoms with Crippen molar-refractivity contribution in [1.29, 1.82) is 0 Å². The number of hydrogen-bond acceptors (Lipinski definition) is 7. The highest BCUT2D eigenvalue weighted by Gasteiger charge is 2.30. The highest BCUT2D eigenvalue weighted by molar-refractivity contribution is 8.14. The Morgan fingerprint density at radius 3 is 2.47 bits per heavy atom. The molecule has 2 aromatic carbocycles. The fourth-order valence-corrected chi connectivity index (χ4v) is 6.36. The van der Waals surface area contributed by atoms with E-state index in [4.69, 9.17) is 0 Å². The third kappa shape index (κ3) is 6.28. The van der Waals surface area contributed by atoms with Crippen LogP contribution in [0.25, 0.3) is 11.1 Å². The minimum atomic E-state index is -0.928. The predicted molar refractivity (Wildman–Crippen MR) is 141 cm³/mol. The summed E-state index contributed by atoms with van der Waals surface area (Å²) in [5.41, 5.74) is 4.39. The second-order valence-corrected chi connectivity index (χ2v) is 12.0. The van der Waals surface area contributed by atoms with E-state index < -0.39 is 10.7 Å². The minimum absolute atomic E-state index is 0.104. The van der Waals surface area contributed by atoms with Crippen LogP contribution in [0.2, 0.25) is 0 Å². The maximum Gasteiger partial charge on any atom is 0.319 e. The molecule has 1 aliphatic rings. The highest BCUT2D eigenvalue weighted by Crippen LogP contribution is 2.34. The van der Waals surface area contributed by atoms with Gasteiger partial charge in [-0.15, -0.1) is 11.3 Å². The van der Waals surface area contributed by atoms with Crippen molar-refractivity contribution in [3.63, 3.8) is 0 Å². The lowest BCUT2D eigenvalue weighted by molar-refractivity contribution is -0.138. The van der Waals surface area contributed by atoms with Crippen molar-refractivity contribution in [3.05, 3.63) is 71.2 Å². The van der Waals surface area contributed by atoms with Gasteiger partial charge in [-0.25, -0.2) is 4.98 Å². The van der Waals surface area contributed by atoms with Crippen LogP contribution in [0.1, 0.15) is 25.1 Å². The van der Waals surface area contributed by atoms with Crippen LogP contribution in [0, 0.1) is 0 Å². The molecule has 176 valence electrons. The summed E-state index contributed by atoms with van der Waals surface area (Å²) < 4.78 is -0.184. The summed E-state index contributed by atoms with van der Waals surface area (Å²) in [6.07, 6.45) is 0.681. The largest absolute Gasteiger partial charge is 0.480 e. The van der Waals surface area contributed by atoms with E-state index in [2.05, 4.69) is 51.3 Å². The van der Waals surface area contributed by atoms with Gasteiger partial charge in [0.25, 0.3) is 5.91 Å². The molecule has 4 rings (SSSR count). The average Bonchev–Trinajstić information content (AvgIpc) is 3.46. The molecule has 1 N–H and O–H groups in total. The number of amidine groups is 1. The topological polar surface area (TPSA) is 82.9 Å². The quantitative estimate of drug-likeness (QED) is 0.383. The number of thiazole rings is 1. The molecule has 0 spiro atoms. The number of aliphatic carboxylic acids is 1. The summed E-state index contributed by atoms with van der Waals surface area (Å²) in [6.45, 7) is 4.67. The molecular weight excluding hydrogens is 486 g/mol. The molecule has 0 saturated carbocycles. The first kappa shape index (κ1) is 24.5. The van der Waals surface area contributed by atoms with E-state index in [9.17, 15) is 14.7 Å². The van der Waals surface area contributed by atoms with E-state index in [-0.39, 0.29) is 5.91 Å². The van der Waals surface area contributed by atoms with Crippen molar-refractivity contribution < 1.29 is 14.7 Å². The Labute approximate surface area is 211 Å². The number of benzene rings is 2. The normalized spacial score (nSPS) is 13.7. The van der Waals surface area contributed by atoms with Gasteiger partial charge in [-0.05, 0) is 30.5 Å². The second kappa shape index (κ2) is 10.8. The van der Waals surface area contributed by atoms with Crippen LogP contribution in [0.15, 0.2) is 69.3 Å². The van der Waals surface area contributed by atoms with Gasteiger partial charge in [-0.2, -0.15) is 4.99 Å². The van der Waals surface area contributed by atoms with Crippen LogP contribution in [0.4, 0.5) is 0 Å². The zero-order chi connectivity index (χ0) is 24.1. The van der Waals surface area contributed by atoms with Crippen LogP contribution in [-0.4, -0.2) is 49.1 Å². The molecule has 0 saturated heterocycles. The van der Waals surface area contributed by atoms with Crippen molar-refractivity contribution >= 4 is 51.9 Å². The van der Waals surface area contributed by atoms with E-state index >= 15 is 0 Å². The number of carbonyl (C=O) groups is 2. The fraction of sp³-hybridized carbons (Fsp3) is 0.280. The summed E-state index contributed by atoms with van der Waals surface area (Å²) in [6, 6.07) is 18.7. The summed E-state index contributed by atoms with van der Waals surface area (Å²) >= 11 is 4.19. The van der Waals surface area contributed by atoms with E-state index in [0.717, 1.165) is 26.3 Å². The Morgan fingerprint density at radius 2 is 1.82 bits per heavy atom. The smallest absolute Gasteiger partial charge is 0.319 e. The number of aliphatic imine (C=N–C) groups is 1. The van der Waals surface area contributed by atoms with Crippen molar-refractivity contribution in [2.75, 3.05) is 12.3 Å². The fourth-order valence-electron chi connectivity index (χ4n) is 3.32. The standard InChI is InChI=1S/C25H25N3O3S3/c1-25(2,22(30)31)34-24-26-20(15-33-24)12-13-28(23-27-21(29)16-32-23)14-17-8-10-19(11-9-17)18-6-4-3-5-7-18/h3-11,15H,12-14,16H2,1-2H3,(H,30,31). The van der Waals surface area contributed by atoms with Gasteiger partial charge in [0, 0.05) is 24.9 Å². The van der Waals surface area contributed by atoms with Crippen LogP contribution < -0.4 is 0 Å². The number of nitrogens with zero attached hydrogens (tertiary/aromatic N) is 3.